The summed E-state index contributed by atoms with van der Waals surface area (Å²) in [4.78, 5) is 12.7. The smallest absolute Gasteiger partial charge is 0.252 e. The largest absolute Gasteiger partial charge is 0.378 e. The van der Waals surface area contributed by atoms with Crippen molar-refractivity contribution in [3.63, 3.8) is 0 Å². The fourth-order valence-electron chi connectivity index (χ4n) is 4.28. The average molecular weight is 296 g/mol. The van der Waals surface area contributed by atoms with Crippen LogP contribution in [0.25, 0.3) is 0 Å². The second kappa shape index (κ2) is 5.86. The molecule has 3 rings (SSSR count). The van der Waals surface area contributed by atoms with Crippen molar-refractivity contribution in [2.75, 3.05) is 26.8 Å². The zero-order valence-corrected chi connectivity index (χ0v) is 13.2. The van der Waals surface area contributed by atoms with Crippen LogP contribution in [0.1, 0.15) is 45.4 Å². The van der Waals surface area contributed by atoms with Crippen molar-refractivity contribution < 1.29 is 14.3 Å². The lowest BCUT2D eigenvalue weighted by Crippen LogP contribution is -2.70. The summed E-state index contributed by atoms with van der Waals surface area (Å²) in [7, 11) is 1.66. The van der Waals surface area contributed by atoms with Gasteiger partial charge in [-0.3, -0.25) is 4.79 Å². The van der Waals surface area contributed by atoms with Crippen LogP contribution < -0.4 is 10.6 Å². The van der Waals surface area contributed by atoms with Crippen molar-refractivity contribution >= 4 is 5.91 Å². The molecule has 1 saturated heterocycles. The Bertz CT molecular complexity index is 389. The Morgan fingerprint density at radius 3 is 2.52 bits per heavy atom. The highest BCUT2D eigenvalue weighted by atomic mass is 16.5. The minimum atomic E-state index is -0.632. The summed E-state index contributed by atoms with van der Waals surface area (Å²) in [6, 6.07) is 0.275. The summed E-state index contributed by atoms with van der Waals surface area (Å²) in [5, 5.41) is 6.58. The van der Waals surface area contributed by atoms with Gasteiger partial charge in [0.1, 0.15) is 5.60 Å². The van der Waals surface area contributed by atoms with Crippen LogP contribution in [0.4, 0.5) is 0 Å². The first kappa shape index (κ1) is 15.3. The normalized spacial score (nSPS) is 33.0. The van der Waals surface area contributed by atoms with Gasteiger partial charge in [-0.05, 0) is 52.1 Å². The van der Waals surface area contributed by atoms with Gasteiger partial charge in [0.2, 0.25) is 0 Å². The van der Waals surface area contributed by atoms with Gasteiger partial charge < -0.3 is 20.1 Å². The van der Waals surface area contributed by atoms with Crippen LogP contribution in [0.3, 0.4) is 0 Å². The van der Waals surface area contributed by atoms with E-state index >= 15 is 0 Å². The lowest BCUT2D eigenvalue weighted by atomic mass is 9.51. The monoisotopic (exact) mass is 296 g/mol. The zero-order valence-electron chi connectivity index (χ0n) is 13.2. The molecule has 21 heavy (non-hydrogen) atoms. The van der Waals surface area contributed by atoms with Gasteiger partial charge in [-0.25, -0.2) is 0 Å². The number of ether oxygens (including phenoxy) is 2. The number of nitrogens with one attached hydrogen (secondary N) is 2. The van der Waals surface area contributed by atoms with Crippen LogP contribution in [0.15, 0.2) is 0 Å². The molecule has 1 heterocycles. The van der Waals surface area contributed by atoms with Gasteiger partial charge >= 0.3 is 0 Å². The van der Waals surface area contributed by atoms with Crippen molar-refractivity contribution in [3.05, 3.63) is 0 Å². The summed E-state index contributed by atoms with van der Waals surface area (Å²) in [5.41, 5.74) is -0.416. The van der Waals surface area contributed by atoms with Crippen molar-refractivity contribution in [1.82, 2.24) is 10.6 Å². The van der Waals surface area contributed by atoms with Crippen molar-refractivity contribution in [3.8, 4) is 0 Å². The third-order valence-electron chi connectivity index (χ3n) is 5.96. The Kier molecular flexibility index (Phi) is 4.26. The molecule has 1 aliphatic heterocycles. The number of hydrogen-bond acceptors (Lipinski definition) is 4. The summed E-state index contributed by atoms with van der Waals surface area (Å²) in [6.45, 7) is 4.51. The van der Waals surface area contributed by atoms with E-state index in [-0.39, 0.29) is 17.4 Å². The van der Waals surface area contributed by atoms with Crippen LogP contribution in [0.5, 0.6) is 0 Å². The van der Waals surface area contributed by atoms with Crippen LogP contribution in [-0.4, -0.2) is 50.5 Å². The highest BCUT2D eigenvalue weighted by Gasteiger charge is 2.60. The molecule has 1 spiro atoms. The maximum absolute atomic E-state index is 12.7. The van der Waals surface area contributed by atoms with Crippen LogP contribution in [0.2, 0.25) is 0 Å². The van der Waals surface area contributed by atoms with Gasteiger partial charge in [0, 0.05) is 25.2 Å². The third-order valence-corrected chi connectivity index (χ3v) is 5.96. The third kappa shape index (κ3) is 2.39. The number of carbonyl (C=O) groups is 1. The van der Waals surface area contributed by atoms with E-state index in [2.05, 4.69) is 10.6 Å². The van der Waals surface area contributed by atoms with E-state index in [9.17, 15) is 4.79 Å². The summed E-state index contributed by atoms with van der Waals surface area (Å²) in [6.07, 6.45) is 6.43. The van der Waals surface area contributed by atoms with Gasteiger partial charge in [-0.1, -0.05) is 6.42 Å². The van der Waals surface area contributed by atoms with Gasteiger partial charge in [0.05, 0.1) is 6.10 Å². The first-order valence-electron chi connectivity index (χ1n) is 8.35. The van der Waals surface area contributed by atoms with Crippen LogP contribution in [-0.2, 0) is 14.3 Å². The summed E-state index contributed by atoms with van der Waals surface area (Å²) in [5.74, 6) is 0.0812. The molecule has 0 aromatic carbocycles. The molecule has 0 aromatic heterocycles. The molecule has 5 nitrogen and oxygen atoms in total. The maximum atomic E-state index is 12.7. The molecule has 0 radical (unpaired) electrons. The van der Waals surface area contributed by atoms with Crippen LogP contribution in [0, 0.1) is 5.41 Å². The molecule has 1 amide bonds. The van der Waals surface area contributed by atoms with E-state index in [4.69, 9.17) is 9.47 Å². The van der Waals surface area contributed by atoms with Crippen molar-refractivity contribution in [2.45, 2.75) is 63.2 Å². The first-order chi connectivity index (χ1) is 10.2. The number of amides is 1. The summed E-state index contributed by atoms with van der Waals surface area (Å²) < 4.78 is 11.5. The van der Waals surface area contributed by atoms with E-state index in [1.165, 1.54) is 19.3 Å². The Morgan fingerprint density at radius 2 is 2.00 bits per heavy atom. The molecule has 120 valence electrons. The molecule has 2 saturated carbocycles. The van der Waals surface area contributed by atoms with E-state index in [0.29, 0.717) is 6.10 Å². The lowest BCUT2D eigenvalue weighted by molar-refractivity contribution is -0.182. The Labute approximate surface area is 127 Å². The highest BCUT2D eigenvalue weighted by molar-refractivity contribution is 5.86. The molecular weight excluding hydrogens is 268 g/mol. The summed E-state index contributed by atoms with van der Waals surface area (Å²) >= 11 is 0. The van der Waals surface area contributed by atoms with E-state index in [1.807, 2.05) is 6.92 Å². The second-order valence-electron chi connectivity index (χ2n) is 6.74. The molecule has 0 bridgehead atoms. The molecule has 2 aliphatic carbocycles. The first-order valence-corrected chi connectivity index (χ1v) is 8.35. The molecule has 2 unspecified atom stereocenters. The predicted molar refractivity (Wildman–Crippen MR) is 80.1 cm³/mol. The average Bonchev–Trinajstić information content (AvgIpc) is 2.44. The molecular formula is C16H28N2O3. The molecule has 2 N–H and O–H groups in total. The number of carbonyl (C=O) groups excluding carboxylic acids is 1. The Balaban J connectivity index is 1.62. The quantitative estimate of drug-likeness (QED) is 0.801. The van der Waals surface area contributed by atoms with Crippen molar-refractivity contribution in [2.24, 2.45) is 5.41 Å². The van der Waals surface area contributed by atoms with Gasteiger partial charge in [-0.2, -0.15) is 0 Å². The highest BCUT2D eigenvalue weighted by Crippen LogP contribution is 2.57. The SMILES string of the molecule is CCOC1CC(NC(=O)C2(OC)CCNCC2)C12CCC2. The molecule has 2 atom stereocenters. The second-order valence-corrected chi connectivity index (χ2v) is 6.74. The topological polar surface area (TPSA) is 59.6 Å². The standard InChI is InChI=1S/C16H28N2O3/c1-3-21-13-11-12(15(13)5-4-6-15)18-14(19)16(20-2)7-9-17-10-8-16/h12-13,17H,3-11H2,1-2H3,(H,18,19). The van der Waals surface area contributed by atoms with E-state index in [1.54, 1.807) is 7.11 Å². The van der Waals surface area contributed by atoms with Gasteiger partial charge in [-0.15, -0.1) is 0 Å². The van der Waals surface area contributed by atoms with Crippen LogP contribution >= 0.6 is 0 Å². The molecule has 3 fully saturated rings. The minimum absolute atomic E-state index is 0.0812. The van der Waals surface area contributed by atoms with Gasteiger partial charge in [0.15, 0.2) is 0 Å². The molecule has 0 aromatic rings. The Hall–Kier alpha value is -0.650. The van der Waals surface area contributed by atoms with E-state index < -0.39 is 5.60 Å². The Morgan fingerprint density at radius 1 is 1.29 bits per heavy atom. The number of hydrogen-bond donors (Lipinski definition) is 2. The van der Waals surface area contributed by atoms with Crippen molar-refractivity contribution in [1.29, 1.82) is 0 Å². The van der Waals surface area contributed by atoms with Gasteiger partial charge in [0.25, 0.3) is 5.91 Å². The minimum Gasteiger partial charge on any atom is -0.378 e. The fourth-order valence-corrected chi connectivity index (χ4v) is 4.28. The molecule has 3 aliphatic rings. The number of methoxy groups -OCH3 is 1. The lowest BCUT2D eigenvalue weighted by Gasteiger charge is -2.61. The molecule has 5 heteroatoms. The maximum Gasteiger partial charge on any atom is 0.252 e. The predicted octanol–water partition coefficient (Wildman–Crippen LogP) is 1.22. The zero-order chi connectivity index (χ0) is 14.9. The number of rotatable bonds is 5. The fraction of sp³-hybridized carbons (Fsp3) is 0.938. The number of piperidine rings is 1. The van der Waals surface area contributed by atoms with E-state index in [0.717, 1.165) is 39.0 Å².